The summed E-state index contributed by atoms with van der Waals surface area (Å²) in [6, 6.07) is 42.3. The third kappa shape index (κ3) is 7.65. The molecule has 0 amide bonds. The van der Waals surface area contributed by atoms with Gasteiger partial charge in [-0.1, -0.05) is 111 Å². The summed E-state index contributed by atoms with van der Waals surface area (Å²) in [6.07, 6.45) is 1.89. The van der Waals surface area contributed by atoms with Crippen LogP contribution in [0, 0.1) is 23.9 Å². The maximum absolute atomic E-state index is 13.8. The van der Waals surface area contributed by atoms with Crippen LogP contribution in [0.4, 0.5) is 8.78 Å². The number of furan rings is 1. The number of pyridine rings is 2. The van der Waals surface area contributed by atoms with E-state index in [1.54, 1.807) is 12.1 Å². The maximum Gasteiger partial charge on any atom is 0.218 e. The molecule has 0 atom stereocenters. The first-order valence-electron chi connectivity index (χ1n) is 18.3. The first-order valence-corrected chi connectivity index (χ1v) is 21.3. The number of benzene rings is 5. The topological polar surface area (TPSA) is 56.7 Å². The number of nitrogens with zero attached hydrogens (tertiary/aromatic N) is 4. The van der Waals surface area contributed by atoms with E-state index >= 15 is 0 Å². The third-order valence-electron chi connectivity index (χ3n) is 9.59. The normalized spacial score (nSPS) is 12.1. The van der Waals surface area contributed by atoms with Crippen LogP contribution in [0.2, 0.25) is 19.6 Å². The van der Waals surface area contributed by atoms with E-state index in [1.807, 2.05) is 68.6 Å². The van der Waals surface area contributed by atoms with Crippen LogP contribution in [0.15, 0.2) is 126 Å². The van der Waals surface area contributed by atoms with Crippen LogP contribution < -0.4 is 5.19 Å². The number of rotatable bonds is 6. The molecule has 9 aromatic rings. The van der Waals surface area contributed by atoms with E-state index in [-0.39, 0.29) is 31.6 Å². The molecule has 0 saturated carbocycles. The van der Waals surface area contributed by atoms with E-state index in [1.165, 1.54) is 23.4 Å². The van der Waals surface area contributed by atoms with Gasteiger partial charge >= 0.3 is 0 Å². The van der Waals surface area contributed by atoms with Gasteiger partial charge in [0.2, 0.25) is 11.7 Å². The Morgan fingerprint density at radius 2 is 1.58 bits per heavy atom. The summed E-state index contributed by atoms with van der Waals surface area (Å²) < 4.78 is 43.5. The molecule has 9 rings (SSSR count). The minimum absolute atomic E-state index is 0. The Bertz CT molecular complexity index is 2850. The molecule has 0 aliphatic heterocycles. The maximum atomic E-state index is 13.8. The van der Waals surface area contributed by atoms with E-state index in [0.717, 1.165) is 66.4 Å². The van der Waals surface area contributed by atoms with E-state index < -0.39 is 19.9 Å². The molecule has 5 nitrogen and oxygen atoms in total. The Kier molecular flexibility index (Phi) is 10.3. The fourth-order valence-electron chi connectivity index (χ4n) is 6.87. The van der Waals surface area contributed by atoms with Crippen LogP contribution in [0.25, 0.3) is 66.5 Å². The summed E-state index contributed by atoms with van der Waals surface area (Å²) in [6.45, 7) is 11.2. The number of hydrogen-bond donors (Lipinski definition) is 0. The molecule has 0 N–H and O–H groups in total. The number of fused-ring (bicyclic) bond motifs is 5. The van der Waals surface area contributed by atoms with Crippen molar-refractivity contribution in [3.05, 3.63) is 156 Å². The van der Waals surface area contributed by atoms with Crippen molar-refractivity contribution in [2.45, 2.75) is 45.9 Å². The summed E-state index contributed by atoms with van der Waals surface area (Å²) in [5.74, 6) is -0.814. The predicted octanol–water partition coefficient (Wildman–Crippen LogP) is 11.5. The molecule has 0 saturated heterocycles. The van der Waals surface area contributed by atoms with Gasteiger partial charge in [0, 0.05) is 45.4 Å². The molecule has 1 radical (unpaired) electrons. The minimum atomic E-state index is -1.57. The molecule has 0 aliphatic carbocycles. The van der Waals surface area contributed by atoms with Crippen molar-refractivity contribution in [3.63, 3.8) is 0 Å². The van der Waals surface area contributed by atoms with Crippen LogP contribution in [-0.4, -0.2) is 27.6 Å². The van der Waals surface area contributed by atoms with Crippen LogP contribution in [0.1, 0.15) is 32.2 Å². The first-order chi connectivity index (χ1) is 26.3. The minimum Gasteiger partial charge on any atom is -0.486 e. The zero-order valence-corrected chi connectivity index (χ0v) is 34.4. The molecule has 0 spiro atoms. The summed E-state index contributed by atoms with van der Waals surface area (Å²) in [5, 5.41) is 5.12. The average molecular weight is 922 g/mol. The van der Waals surface area contributed by atoms with Gasteiger partial charge in [0.1, 0.15) is 0 Å². The van der Waals surface area contributed by atoms with Gasteiger partial charge in [-0.15, -0.1) is 48.0 Å². The molecule has 4 heterocycles. The van der Waals surface area contributed by atoms with Gasteiger partial charge in [-0.2, -0.15) is 9.37 Å². The van der Waals surface area contributed by atoms with Crippen molar-refractivity contribution in [2.24, 2.45) is 0 Å². The summed E-state index contributed by atoms with van der Waals surface area (Å²) in [7, 11) is -1.57. The van der Waals surface area contributed by atoms with Gasteiger partial charge in [-0.05, 0) is 57.4 Å². The molecular formula is C46H38F2IrN4OSi-2. The molecule has 5 aromatic carbocycles. The number of hydrogen-bond acceptors (Lipinski definition) is 4. The van der Waals surface area contributed by atoms with Crippen molar-refractivity contribution in [1.29, 1.82) is 0 Å². The van der Waals surface area contributed by atoms with Crippen LogP contribution in [0.3, 0.4) is 0 Å². The monoisotopic (exact) mass is 922 g/mol. The third-order valence-corrected chi connectivity index (χ3v) is 11.6. The Balaban J connectivity index is 0.000000190. The summed E-state index contributed by atoms with van der Waals surface area (Å²) >= 11 is 0. The smallest absolute Gasteiger partial charge is 0.218 e. The fraction of sp³-hybridized carbons (Fsp3) is 0.152. The Hall–Kier alpha value is -5.34. The van der Waals surface area contributed by atoms with E-state index in [9.17, 15) is 8.78 Å². The molecule has 4 aromatic heterocycles. The molecular weight excluding hydrogens is 883 g/mol. The van der Waals surface area contributed by atoms with Crippen molar-refractivity contribution >= 4 is 57.1 Å². The van der Waals surface area contributed by atoms with Gasteiger partial charge in [0.15, 0.2) is 0 Å². The molecule has 0 aliphatic rings. The van der Waals surface area contributed by atoms with Gasteiger partial charge in [-0.3, -0.25) is 9.37 Å². The van der Waals surface area contributed by atoms with Gasteiger partial charge in [0.05, 0.1) is 30.5 Å². The van der Waals surface area contributed by atoms with Crippen molar-refractivity contribution < 1.29 is 34.7 Å². The second kappa shape index (κ2) is 15.4. The van der Waals surface area contributed by atoms with Crippen LogP contribution in [-0.2, 0) is 26.7 Å². The van der Waals surface area contributed by atoms with Crippen LogP contribution in [0.5, 0.6) is 0 Å². The van der Waals surface area contributed by atoms with Crippen molar-refractivity contribution in [2.75, 3.05) is 0 Å². The van der Waals surface area contributed by atoms with E-state index in [2.05, 4.69) is 82.7 Å². The Morgan fingerprint density at radius 3 is 2.29 bits per heavy atom. The first kappa shape index (κ1) is 36.6. The van der Waals surface area contributed by atoms with E-state index in [4.69, 9.17) is 10.8 Å². The Labute approximate surface area is 334 Å². The molecule has 0 bridgehead atoms. The SMILES string of the molecule is Fc1ccc2c(n1)oc1c(-c3nc4cc5ccccc5cc4n3Cc3ccccc3)[c-]ccc12.[2H]C(C)(C)c1cc(-c2[c-]cc(F)cc2)ncc1[Si](C)(C)C.[Ir]. The standard InChI is InChI=1S/C29H17FN3O.C17H21FNSi.Ir/c30-26-14-13-22-21-11-6-12-23(27(21)34-29(22)32-26)28-31-24-15-19-9-4-5-10-20(19)16-25(24)33(28)17-18-7-2-1-3-8-18;1-12(2)15-10-16(13-6-8-14(18)9-7-13)19-11-17(15)20(3,4)5;/h1-11,13-16H,17H2;6,8-12H,1-5H3;/q2*-1;/i;12D;. The zero-order chi connectivity index (χ0) is 38.5. The number of aromatic nitrogens is 4. The quantitative estimate of drug-likeness (QED) is 0.0947. The summed E-state index contributed by atoms with van der Waals surface area (Å²) in [5.41, 5.74) is 7.19. The number of halogens is 2. The molecule has 277 valence electrons. The molecule has 9 heteroatoms. The summed E-state index contributed by atoms with van der Waals surface area (Å²) in [4.78, 5) is 13.5. The average Bonchev–Trinajstić information content (AvgIpc) is 3.71. The van der Waals surface area contributed by atoms with Crippen molar-refractivity contribution in [1.82, 2.24) is 19.5 Å². The van der Waals surface area contributed by atoms with Crippen molar-refractivity contribution in [3.8, 4) is 22.6 Å². The Morgan fingerprint density at radius 1 is 0.836 bits per heavy atom. The van der Waals surface area contributed by atoms with Gasteiger partial charge in [0.25, 0.3) is 0 Å². The molecule has 55 heavy (non-hydrogen) atoms. The van der Waals surface area contributed by atoms with Gasteiger partial charge < -0.3 is 14.0 Å². The molecule has 0 fully saturated rings. The predicted molar refractivity (Wildman–Crippen MR) is 218 cm³/mol. The number of imidazole rings is 1. The largest absolute Gasteiger partial charge is 0.486 e. The van der Waals surface area contributed by atoms with Crippen LogP contribution >= 0.6 is 0 Å². The second-order valence-corrected chi connectivity index (χ2v) is 19.7. The zero-order valence-electron chi connectivity index (χ0n) is 32.0. The second-order valence-electron chi connectivity index (χ2n) is 14.7. The van der Waals surface area contributed by atoms with Gasteiger partial charge in [-0.25, -0.2) is 0 Å². The fourth-order valence-corrected chi connectivity index (χ4v) is 8.45. The van der Waals surface area contributed by atoms with E-state index in [0.29, 0.717) is 12.1 Å². The molecule has 0 unspecified atom stereocenters.